The lowest BCUT2D eigenvalue weighted by Gasteiger charge is -2.59. The van der Waals surface area contributed by atoms with Crippen LogP contribution in [0.3, 0.4) is 0 Å². The molecule has 0 spiro atoms. The molecule has 21 heavy (non-hydrogen) atoms. The third kappa shape index (κ3) is 2.25. The lowest BCUT2D eigenvalue weighted by Crippen LogP contribution is -2.55. The topological polar surface area (TPSA) is 43.8 Å². The minimum atomic E-state index is 0.325. The van der Waals surface area contributed by atoms with Gasteiger partial charge in [-0.2, -0.15) is 5.10 Å². The van der Waals surface area contributed by atoms with E-state index in [2.05, 4.69) is 29.8 Å². The standard InChI is InChI=1S/C18H29N3/c1-3-15-7-16(21(2)20-15)8-17(19)18-9-12-4-13(10-18)6-14(5-12)11-18/h7,12-14,17H,3-6,8-11,19H2,1-2H3. The monoisotopic (exact) mass is 287 g/mol. The van der Waals surface area contributed by atoms with Gasteiger partial charge in [0.25, 0.3) is 0 Å². The van der Waals surface area contributed by atoms with Gasteiger partial charge in [-0.05, 0) is 74.2 Å². The summed E-state index contributed by atoms with van der Waals surface area (Å²) in [6, 6.07) is 2.59. The Kier molecular flexibility index (Phi) is 3.18. The summed E-state index contributed by atoms with van der Waals surface area (Å²) in [4.78, 5) is 0. The van der Waals surface area contributed by atoms with Crippen LogP contribution in [0.5, 0.6) is 0 Å². The molecule has 116 valence electrons. The van der Waals surface area contributed by atoms with E-state index in [0.717, 1.165) is 30.6 Å². The lowest BCUT2D eigenvalue weighted by molar-refractivity contribution is -0.0670. The van der Waals surface area contributed by atoms with E-state index in [9.17, 15) is 0 Å². The molecular formula is C18H29N3. The van der Waals surface area contributed by atoms with Crippen LogP contribution in [0.25, 0.3) is 0 Å². The van der Waals surface area contributed by atoms with Crippen LogP contribution >= 0.6 is 0 Å². The Bertz CT molecular complexity index is 495. The fourth-order valence-corrected chi connectivity index (χ4v) is 6.01. The number of aromatic nitrogens is 2. The Labute approximate surface area is 128 Å². The minimum absolute atomic E-state index is 0.325. The molecule has 1 atom stereocenters. The Hall–Kier alpha value is -0.830. The average molecular weight is 287 g/mol. The first-order valence-corrected chi connectivity index (χ1v) is 8.85. The third-order valence-corrected chi connectivity index (χ3v) is 6.69. The van der Waals surface area contributed by atoms with E-state index in [1.54, 1.807) is 0 Å². The van der Waals surface area contributed by atoms with Gasteiger partial charge in [-0.15, -0.1) is 0 Å². The molecule has 1 unspecified atom stereocenters. The van der Waals surface area contributed by atoms with Gasteiger partial charge in [-0.3, -0.25) is 4.68 Å². The Morgan fingerprint density at radius 1 is 1.24 bits per heavy atom. The van der Waals surface area contributed by atoms with Crippen molar-refractivity contribution in [3.8, 4) is 0 Å². The zero-order chi connectivity index (χ0) is 14.6. The van der Waals surface area contributed by atoms with Crippen LogP contribution in [0.1, 0.15) is 56.8 Å². The van der Waals surface area contributed by atoms with Crippen molar-refractivity contribution in [3.05, 3.63) is 17.5 Å². The second-order valence-electron chi connectivity index (χ2n) is 8.19. The predicted molar refractivity (Wildman–Crippen MR) is 84.9 cm³/mol. The zero-order valence-electron chi connectivity index (χ0n) is 13.5. The highest BCUT2D eigenvalue weighted by Crippen LogP contribution is 2.61. The largest absolute Gasteiger partial charge is 0.327 e. The molecule has 0 saturated heterocycles. The van der Waals surface area contributed by atoms with Gasteiger partial charge in [0.2, 0.25) is 0 Å². The van der Waals surface area contributed by atoms with Gasteiger partial charge in [-0.25, -0.2) is 0 Å². The average Bonchev–Trinajstić information content (AvgIpc) is 2.78. The molecule has 4 bridgehead atoms. The van der Waals surface area contributed by atoms with Gasteiger partial charge < -0.3 is 5.73 Å². The third-order valence-electron chi connectivity index (χ3n) is 6.69. The molecule has 1 heterocycles. The quantitative estimate of drug-likeness (QED) is 0.925. The highest BCUT2D eigenvalue weighted by atomic mass is 15.3. The van der Waals surface area contributed by atoms with Crippen molar-refractivity contribution in [1.82, 2.24) is 9.78 Å². The van der Waals surface area contributed by atoms with E-state index in [1.807, 2.05) is 0 Å². The summed E-state index contributed by atoms with van der Waals surface area (Å²) in [5.41, 5.74) is 9.76. The molecule has 0 amide bonds. The fraction of sp³-hybridized carbons (Fsp3) is 0.833. The van der Waals surface area contributed by atoms with Crippen molar-refractivity contribution in [2.24, 2.45) is 36.0 Å². The van der Waals surface area contributed by atoms with Crippen LogP contribution in [0.2, 0.25) is 0 Å². The van der Waals surface area contributed by atoms with Crippen molar-refractivity contribution >= 4 is 0 Å². The molecule has 4 fully saturated rings. The van der Waals surface area contributed by atoms with E-state index < -0.39 is 0 Å². The van der Waals surface area contributed by atoms with Crippen LogP contribution in [-0.2, 0) is 19.9 Å². The Balaban J connectivity index is 1.54. The summed E-state index contributed by atoms with van der Waals surface area (Å²) in [5.74, 6) is 2.96. The highest BCUT2D eigenvalue weighted by Gasteiger charge is 2.53. The van der Waals surface area contributed by atoms with Crippen LogP contribution in [0.15, 0.2) is 6.07 Å². The van der Waals surface area contributed by atoms with Gasteiger partial charge in [0.1, 0.15) is 0 Å². The van der Waals surface area contributed by atoms with Crippen molar-refractivity contribution < 1.29 is 0 Å². The molecule has 3 heteroatoms. The van der Waals surface area contributed by atoms with Gasteiger partial charge in [-0.1, -0.05) is 6.92 Å². The van der Waals surface area contributed by atoms with Crippen LogP contribution in [0.4, 0.5) is 0 Å². The molecule has 4 aliphatic rings. The molecule has 5 rings (SSSR count). The molecule has 1 aromatic heterocycles. The molecule has 4 aliphatic carbocycles. The Morgan fingerprint density at radius 2 is 1.81 bits per heavy atom. The molecular weight excluding hydrogens is 258 g/mol. The first-order valence-electron chi connectivity index (χ1n) is 8.85. The van der Waals surface area contributed by atoms with Gasteiger partial charge in [0.05, 0.1) is 5.69 Å². The van der Waals surface area contributed by atoms with E-state index >= 15 is 0 Å². The first-order chi connectivity index (χ1) is 10.1. The molecule has 3 nitrogen and oxygen atoms in total. The van der Waals surface area contributed by atoms with E-state index in [4.69, 9.17) is 5.73 Å². The number of hydrogen-bond donors (Lipinski definition) is 1. The van der Waals surface area contributed by atoms with Crippen molar-refractivity contribution in [3.63, 3.8) is 0 Å². The maximum Gasteiger partial charge on any atom is 0.0624 e. The second-order valence-corrected chi connectivity index (χ2v) is 8.19. The number of nitrogens with two attached hydrogens (primary N) is 1. The van der Waals surface area contributed by atoms with E-state index in [0.29, 0.717) is 11.5 Å². The molecule has 4 saturated carbocycles. The number of hydrogen-bond acceptors (Lipinski definition) is 2. The minimum Gasteiger partial charge on any atom is -0.327 e. The molecule has 0 aromatic carbocycles. The van der Waals surface area contributed by atoms with Crippen molar-refractivity contribution in [1.29, 1.82) is 0 Å². The summed E-state index contributed by atoms with van der Waals surface area (Å²) in [6.45, 7) is 2.17. The van der Waals surface area contributed by atoms with Crippen molar-refractivity contribution in [2.45, 2.75) is 64.3 Å². The summed E-state index contributed by atoms with van der Waals surface area (Å²) < 4.78 is 2.05. The summed E-state index contributed by atoms with van der Waals surface area (Å²) in [7, 11) is 2.07. The van der Waals surface area contributed by atoms with Crippen LogP contribution < -0.4 is 5.73 Å². The van der Waals surface area contributed by atoms with Gasteiger partial charge in [0, 0.05) is 25.2 Å². The normalized spacial score (nSPS) is 38.9. The molecule has 0 aliphatic heterocycles. The fourth-order valence-electron chi connectivity index (χ4n) is 6.01. The number of nitrogens with zero attached hydrogens (tertiary/aromatic N) is 2. The van der Waals surface area contributed by atoms with E-state index in [-0.39, 0.29) is 0 Å². The smallest absolute Gasteiger partial charge is 0.0624 e. The lowest BCUT2D eigenvalue weighted by atomic mass is 9.47. The SMILES string of the molecule is CCc1cc(CC(N)C23CC4CC(CC(C4)C2)C3)n(C)n1. The molecule has 1 aromatic rings. The maximum absolute atomic E-state index is 6.78. The Morgan fingerprint density at radius 3 is 2.29 bits per heavy atom. The van der Waals surface area contributed by atoms with Gasteiger partial charge >= 0.3 is 0 Å². The highest BCUT2D eigenvalue weighted by molar-refractivity contribution is 5.14. The number of rotatable bonds is 4. The summed E-state index contributed by atoms with van der Waals surface area (Å²) >= 11 is 0. The summed E-state index contributed by atoms with van der Waals surface area (Å²) in [5, 5.41) is 4.59. The molecule has 2 N–H and O–H groups in total. The van der Waals surface area contributed by atoms with Crippen LogP contribution in [-0.4, -0.2) is 15.8 Å². The van der Waals surface area contributed by atoms with Crippen molar-refractivity contribution in [2.75, 3.05) is 0 Å². The predicted octanol–water partition coefficient (Wildman–Crippen LogP) is 3.07. The summed E-state index contributed by atoms with van der Waals surface area (Å²) in [6.07, 6.45) is 10.7. The zero-order valence-corrected chi connectivity index (χ0v) is 13.5. The maximum atomic E-state index is 6.78. The first kappa shape index (κ1) is 13.8. The molecule has 0 radical (unpaired) electrons. The van der Waals surface area contributed by atoms with E-state index in [1.165, 1.54) is 49.9 Å². The van der Waals surface area contributed by atoms with Crippen LogP contribution in [0, 0.1) is 23.2 Å². The second kappa shape index (κ2) is 4.84. The number of aryl methyl sites for hydroxylation is 2. The van der Waals surface area contributed by atoms with Gasteiger partial charge in [0.15, 0.2) is 0 Å².